The topological polar surface area (TPSA) is 109 Å². The Kier molecular flexibility index (Phi) is 10.7. The third-order valence-corrected chi connectivity index (χ3v) is 1.53. The van der Waals surface area contributed by atoms with Gasteiger partial charge in [-0.2, -0.15) is 0 Å². The van der Waals surface area contributed by atoms with Crippen LogP contribution in [-0.4, -0.2) is 52.2 Å². The van der Waals surface area contributed by atoms with Crippen LogP contribution in [0.2, 0.25) is 0 Å². The van der Waals surface area contributed by atoms with Crippen LogP contribution in [0.5, 0.6) is 0 Å². The summed E-state index contributed by atoms with van der Waals surface area (Å²) in [5.41, 5.74) is 16.0. The Morgan fingerprint density at radius 2 is 1.71 bits per heavy atom. The molecule has 1 atom stereocenters. The zero-order valence-corrected chi connectivity index (χ0v) is 8.58. The number of nitrogens with two attached hydrogens (primary N) is 3. The lowest BCUT2D eigenvalue weighted by Gasteiger charge is -2.17. The molecule has 0 spiro atoms. The summed E-state index contributed by atoms with van der Waals surface area (Å²) in [6.07, 6.45) is -0.139. The predicted molar refractivity (Wildman–Crippen MR) is 55.7 cm³/mol. The van der Waals surface area contributed by atoms with Crippen molar-refractivity contribution in [3.63, 3.8) is 0 Å². The maximum absolute atomic E-state index is 5.47. The van der Waals surface area contributed by atoms with Crippen LogP contribution in [0.15, 0.2) is 0 Å². The van der Waals surface area contributed by atoms with Crippen molar-refractivity contribution < 1.29 is 9.47 Å². The molecular weight excluding hydrogens is 184 g/mol. The van der Waals surface area contributed by atoms with E-state index in [2.05, 4.69) is 5.32 Å². The van der Waals surface area contributed by atoms with E-state index in [9.17, 15) is 0 Å². The van der Waals surface area contributed by atoms with Crippen molar-refractivity contribution in [1.29, 1.82) is 0 Å². The second-order valence-corrected chi connectivity index (χ2v) is 2.74. The van der Waals surface area contributed by atoms with Crippen molar-refractivity contribution in [2.24, 2.45) is 17.2 Å². The Balaban J connectivity index is 3.24. The van der Waals surface area contributed by atoms with Crippen LogP contribution in [0, 0.1) is 0 Å². The highest BCUT2D eigenvalue weighted by Gasteiger charge is 2.03. The molecule has 0 aromatic rings. The molecule has 0 amide bonds. The van der Waals surface area contributed by atoms with Crippen molar-refractivity contribution in [3.05, 3.63) is 0 Å². The van der Waals surface area contributed by atoms with Crippen LogP contribution < -0.4 is 22.5 Å². The zero-order valence-electron chi connectivity index (χ0n) is 8.58. The van der Waals surface area contributed by atoms with Crippen molar-refractivity contribution in [2.45, 2.75) is 6.23 Å². The molecule has 0 aliphatic carbocycles. The van der Waals surface area contributed by atoms with Gasteiger partial charge in [0.05, 0.1) is 19.8 Å². The normalized spacial score (nSPS) is 13.1. The first-order valence-corrected chi connectivity index (χ1v) is 4.88. The van der Waals surface area contributed by atoms with E-state index < -0.39 is 0 Å². The van der Waals surface area contributed by atoms with E-state index in [1.54, 1.807) is 0 Å². The molecule has 0 aliphatic heterocycles. The number of rotatable bonds is 10. The lowest BCUT2D eigenvalue weighted by Crippen LogP contribution is -2.41. The van der Waals surface area contributed by atoms with E-state index in [0.29, 0.717) is 46.0 Å². The molecule has 1 unspecified atom stereocenters. The van der Waals surface area contributed by atoms with E-state index in [4.69, 9.17) is 26.7 Å². The van der Waals surface area contributed by atoms with Gasteiger partial charge in [0.15, 0.2) is 0 Å². The third kappa shape index (κ3) is 8.36. The minimum absolute atomic E-state index is 0.139. The molecule has 0 bridgehead atoms. The summed E-state index contributed by atoms with van der Waals surface area (Å²) in [5, 5.41) is 3.09. The van der Waals surface area contributed by atoms with Gasteiger partial charge >= 0.3 is 0 Å². The van der Waals surface area contributed by atoms with Gasteiger partial charge in [0.2, 0.25) is 0 Å². The highest BCUT2D eigenvalue weighted by Crippen LogP contribution is 1.83. The van der Waals surface area contributed by atoms with E-state index in [-0.39, 0.29) is 6.23 Å². The molecule has 0 saturated heterocycles. The summed E-state index contributed by atoms with van der Waals surface area (Å²) in [7, 11) is 0. The van der Waals surface area contributed by atoms with E-state index in [1.807, 2.05) is 0 Å². The molecule has 0 fully saturated rings. The Labute approximate surface area is 85.1 Å². The van der Waals surface area contributed by atoms with Crippen molar-refractivity contribution in [3.8, 4) is 0 Å². The molecule has 14 heavy (non-hydrogen) atoms. The molecule has 0 aromatic carbocycles. The molecule has 0 aliphatic rings. The number of hydrogen-bond donors (Lipinski definition) is 4. The molecule has 0 aromatic heterocycles. The summed E-state index contributed by atoms with van der Waals surface area (Å²) < 4.78 is 10.5. The molecule has 0 radical (unpaired) electrons. The van der Waals surface area contributed by atoms with Crippen molar-refractivity contribution in [1.82, 2.24) is 5.32 Å². The Hall–Kier alpha value is -0.240. The summed E-state index contributed by atoms with van der Waals surface area (Å²) in [6, 6.07) is 0. The second kappa shape index (κ2) is 10.8. The van der Waals surface area contributed by atoms with Crippen molar-refractivity contribution in [2.75, 3.05) is 46.0 Å². The lowest BCUT2D eigenvalue weighted by molar-refractivity contribution is 0.0332. The summed E-state index contributed by atoms with van der Waals surface area (Å²) in [5.74, 6) is 0. The monoisotopic (exact) mass is 206 g/mol. The minimum atomic E-state index is -0.139. The van der Waals surface area contributed by atoms with Crippen LogP contribution in [0.25, 0.3) is 0 Å². The van der Waals surface area contributed by atoms with E-state index >= 15 is 0 Å². The fourth-order valence-electron chi connectivity index (χ4n) is 0.898. The van der Waals surface area contributed by atoms with Gasteiger partial charge in [-0.3, -0.25) is 5.32 Å². The van der Waals surface area contributed by atoms with Crippen LogP contribution in [-0.2, 0) is 9.47 Å². The van der Waals surface area contributed by atoms with Gasteiger partial charge in [0, 0.05) is 26.2 Å². The Morgan fingerprint density at radius 1 is 1.00 bits per heavy atom. The average molecular weight is 206 g/mol. The molecule has 6 nitrogen and oxygen atoms in total. The highest BCUT2D eigenvalue weighted by molar-refractivity contribution is 4.56. The number of nitrogens with one attached hydrogen (secondary N) is 1. The molecule has 0 heterocycles. The van der Waals surface area contributed by atoms with Gasteiger partial charge in [0.1, 0.15) is 6.23 Å². The maximum Gasteiger partial charge on any atom is 0.120 e. The Morgan fingerprint density at radius 3 is 2.29 bits per heavy atom. The quantitative estimate of drug-likeness (QED) is 0.239. The Bertz CT molecular complexity index is 116. The highest BCUT2D eigenvalue weighted by atomic mass is 16.5. The molecule has 6 heteroatoms. The summed E-state index contributed by atoms with van der Waals surface area (Å²) in [4.78, 5) is 0. The van der Waals surface area contributed by atoms with Gasteiger partial charge in [-0.1, -0.05) is 0 Å². The largest absolute Gasteiger partial charge is 0.379 e. The van der Waals surface area contributed by atoms with Crippen LogP contribution >= 0.6 is 0 Å². The first kappa shape index (κ1) is 13.8. The summed E-state index contributed by atoms with van der Waals surface area (Å²) >= 11 is 0. The fourth-order valence-corrected chi connectivity index (χ4v) is 0.898. The number of ether oxygens (including phenoxy) is 2. The van der Waals surface area contributed by atoms with Crippen LogP contribution in [0.4, 0.5) is 0 Å². The molecular formula is C8H22N4O2. The molecule has 0 saturated carbocycles. The van der Waals surface area contributed by atoms with Gasteiger partial charge < -0.3 is 26.7 Å². The van der Waals surface area contributed by atoms with Crippen LogP contribution in [0.3, 0.4) is 0 Å². The fraction of sp³-hybridized carbons (Fsp3) is 1.00. The van der Waals surface area contributed by atoms with E-state index in [1.165, 1.54) is 0 Å². The SMILES string of the molecule is NCCOCCNC(CN)OCCN. The van der Waals surface area contributed by atoms with Gasteiger partial charge in [-0.15, -0.1) is 0 Å². The van der Waals surface area contributed by atoms with Crippen molar-refractivity contribution >= 4 is 0 Å². The standard InChI is InChI=1S/C8H22N4O2/c9-1-4-13-6-3-12-8(7-11)14-5-2-10/h8,12H,1-7,9-11H2. The zero-order chi connectivity index (χ0) is 10.6. The summed E-state index contributed by atoms with van der Waals surface area (Å²) in [6.45, 7) is 3.88. The first-order chi connectivity index (χ1) is 6.85. The lowest BCUT2D eigenvalue weighted by atomic mass is 10.5. The smallest absolute Gasteiger partial charge is 0.120 e. The average Bonchev–Trinajstić information content (AvgIpc) is 2.22. The first-order valence-electron chi connectivity index (χ1n) is 4.88. The molecule has 86 valence electrons. The van der Waals surface area contributed by atoms with Gasteiger partial charge in [-0.25, -0.2) is 0 Å². The van der Waals surface area contributed by atoms with Crippen LogP contribution in [0.1, 0.15) is 0 Å². The van der Waals surface area contributed by atoms with E-state index in [0.717, 1.165) is 0 Å². The predicted octanol–water partition coefficient (Wildman–Crippen LogP) is -2.19. The third-order valence-electron chi connectivity index (χ3n) is 1.53. The van der Waals surface area contributed by atoms with Gasteiger partial charge in [0.25, 0.3) is 0 Å². The minimum Gasteiger partial charge on any atom is -0.379 e. The molecule has 7 N–H and O–H groups in total. The maximum atomic E-state index is 5.47. The molecule has 0 rings (SSSR count). The number of hydrogen-bond acceptors (Lipinski definition) is 6. The second-order valence-electron chi connectivity index (χ2n) is 2.74. The van der Waals surface area contributed by atoms with Gasteiger partial charge in [-0.05, 0) is 0 Å².